The van der Waals surface area contributed by atoms with Crippen molar-refractivity contribution in [2.24, 2.45) is 0 Å². The van der Waals surface area contributed by atoms with E-state index in [1.807, 2.05) is 42.2 Å². The van der Waals surface area contributed by atoms with Gasteiger partial charge in [0.15, 0.2) is 0 Å². The molecule has 1 amide bonds. The largest absolute Gasteiger partial charge is 0.491 e. The number of benzene rings is 1. The van der Waals surface area contributed by atoms with Gasteiger partial charge in [0, 0.05) is 24.9 Å². The zero-order valence-corrected chi connectivity index (χ0v) is 13.7. The average molecular weight is 324 g/mol. The van der Waals surface area contributed by atoms with Gasteiger partial charge in [0.2, 0.25) is 0 Å². The van der Waals surface area contributed by atoms with Gasteiger partial charge in [-0.3, -0.25) is 4.79 Å². The van der Waals surface area contributed by atoms with Crippen LogP contribution in [0.1, 0.15) is 28.0 Å². The summed E-state index contributed by atoms with van der Waals surface area (Å²) in [7, 11) is 0. The first kappa shape index (κ1) is 15.1. The number of ether oxygens (including phenoxy) is 2. The lowest BCUT2D eigenvalue weighted by Crippen LogP contribution is -2.40. The molecule has 0 aliphatic carbocycles. The number of nitrogens with zero attached hydrogens (tertiary/aromatic N) is 2. The fraction of sp³-hybridized carbons (Fsp3) is 0.368. The van der Waals surface area contributed by atoms with Gasteiger partial charge in [-0.1, -0.05) is 11.6 Å². The van der Waals surface area contributed by atoms with Crippen molar-refractivity contribution in [3.05, 3.63) is 47.2 Å². The zero-order valence-electron chi connectivity index (χ0n) is 13.7. The summed E-state index contributed by atoms with van der Waals surface area (Å²) in [4.78, 5) is 19.6. The number of morpholine rings is 1. The topological polar surface area (TPSA) is 51.7 Å². The van der Waals surface area contributed by atoms with E-state index in [4.69, 9.17) is 14.5 Å². The summed E-state index contributed by atoms with van der Waals surface area (Å²) in [6.07, 6.45) is 2.92. The number of rotatable bonds is 2. The van der Waals surface area contributed by atoms with Crippen LogP contribution >= 0.6 is 0 Å². The molecule has 4 rings (SSSR count). The molecule has 2 aliphatic heterocycles. The quantitative estimate of drug-likeness (QED) is 0.852. The van der Waals surface area contributed by atoms with Crippen molar-refractivity contribution in [2.45, 2.75) is 13.3 Å². The van der Waals surface area contributed by atoms with E-state index in [0.717, 1.165) is 34.3 Å². The van der Waals surface area contributed by atoms with Gasteiger partial charge < -0.3 is 14.4 Å². The molecule has 2 aliphatic rings. The van der Waals surface area contributed by atoms with Crippen LogP contribution in [-0.4, -0.2) is 48.7 Å². The van der Waals surface area contributed by atoms with Crippen molar-refractivity contribution in [1.82, 2.24) is 9.88 Å². The number of aromatic nitrogens is 1. The number of amides is 1. The van der Waals surface area contributed by atoms with Crippen molar-refractivity contribution in [3.8, 4) is 0 Å². The van der Waals surface area contributed by atoms with Gasteiger partial charge >= 0.3 is 0 Å². The Morgan fingerprint density at radius 3 is 2.75 bits per heavy atom. The minimum absolute atomic E-state index is 0.0381. The van der Waals surface area contributed by atoms with Gasteiger partial charge in [-0.05, 0) is 31.2 Å². The minimum atomic E-state index is 0.0381. The molecule has 1 aromatic carbocycles. The molecule has 0 bridgehead atoms. The summed E-state index contributed by atoms with van der Waals surface area (Å²) in [5.74, 6) is 0.810. The number of aryl methyl sites for hydroxylation is 1. The second-order valence-electron chi connectivity index (χ2n) is 6.19. The van der Waals surface area contributed by atoms with Gasteiger partial charge in [0.1, 0.15) is 11.5 Å². The van der Waals surface area contributed by atoms with E-state index < -0.39 is 0 Å². The van der Waals surface area contributed by atoms with Crippen molar-refractivity contribution in [3.63, 3.8) is 0 Å². The normalized spacial score (nSPS) is 17.7. The van der Waals surface area contributed by atoms with Crippen LogP contribution in [0, 0.1) is 6.92 Å². The van der Waals surface area contributed by atoms with E-state index in [2.05, 4.69) is 0 Å². The van der Waals surface area contributed by atoms with E-state index in [9.17, 15) is 4.79 Å². The molecule has 24 heavy (non-hydrogen) atoms. The Morgan fingerprint density at radius 2 is 2.00 bits per heavy atom. The molecule has 2 aromatic rings. The van der Waals surface area contributed by atoms with Gasteiger partial charge in [0.05, 0.1) is 30.9 Å². The highest BCUT2D eigenvalue weighted by Crippen LogP contribution is 2.27. The highest BCUT2D eigenvalue weighted by atomic mass is 16.5. The predicted molar refractivity (Wildman–Crippen MR) is 91.7 cm³/mol. The number of pyridine rings is 1. The molecular formula is C19H20N2O3. The maximum atomic E-state index is 13.1. The molecule has 0 N–H and O–H groups in total. The number of hydrogen-bond acceptors (Lipinski definition) is 4. The third-order valence-electron chi connectivity index (χ3n) is 4.45. The molecule has 124 valence electrons. The summed E-state index contributed by atoms with van der Waals surface area (Å²) >= 11 is 0. The Morgan fingerprint density at radius 1 is 1.17 bits per heavy atom. The molecule has 0 radical (unpaired) electrons. The second kappa shape index (κ2) is 6.24. The predicted octanol–water partition coefficient (Wildman–Crippen LogP) is 2.78. The van der Waals surface area contributed by atoms with Crippen LogP contribution in [-0.2, 0) is 9.47 Å². The highest BCUT2D eigenvalue weighted by molar-refractivity contribution is 6.07. The lowest BCUT2D eigenvalue weighted by atomic mass is 10.0. The maximum Gasteiger partial charge on any atom is 0.254 e. The van der Waals surface area contributed by atoms with Crippen molar-refractivity contribution in [1.29, 1.82) is 0 Å². The molecule has 0 saturated carbocycles. The van der Waals surface area contributed by atoms with Crippen LogP contribution in [0.4, 0.5) is 0 Å². The van der Waals surface area contributed by atoms with E-state index in [0.29, 0.717) is 38.5 Å². The molecule has 0 unspecified atom stereocenters. The van der Waals surface area contributed by atoms with E-state index in [-0.39, 0.29) is 5.91 Å². The Balaban J connectivity index is 1.84. The van der Waals surface area contributed by atoms with Crippen molar-refractivity contribution in [2.75, 3.05) is 32.9 Å². The zero-order chi connectivity index (χ0) is 16.5. The third kappa shape index (κ3) is 2.76. The molecule has 1 saturated heterocycles. The third-order valence-corrected chi connectivity index (χ3v) is 4.45. The molecule has 3 heterocycles. The van der Waals surface area contributed by atoms with E-state index in [1.165, 1.54) is 0 Å². The second-order valence-corrected chi connectivity index (χ2v) is 6.19. The summed E-state index contributed by atoms with van der Waals surface area (Å²) < 4.78 is 11.0. The van der Waals surface area contributed by atoms with Gasteiger partial charge in [-0.2, -0.15) is 0 Å². The van der Waals surface area contributed by atoms with Crippen LogP contribution in [0.2, 0.25) is 0 Å². The summed E-state index contributed by atoms with van der Waals surface area (Å²) in [6, 6.07) is 7.90. The lowest BCUT2D eigenvalue weighted by molar-refractivity contribution is 0.0304. The molecule has 5 heteroatoms. The summed E-state index contributed by atoms with van der Waals surface area (Å²) in [5.41, 5.74) is 3.37. The number of carbonyl (C=O) groups excluding carboxylic acids is 1. The molecule has 5 nitrogen and oxygen atoms in total. The van der Waals surface area contributed by atoms with Crippen LogP contribution in [0.3, 0.4) is 0 Å². The molecule has 1 aromatic heterocycles. The minimum Gasteiger partial charge on any atom is -0.491 e. The van der Waals surface area contributed by atoms with Crippen molar-refractivity contribution >= 4 is 22.6 Å². The number of hydrogen-bond donors (Lipinski definition) is 0. The maximum absolute atomic E-state index is 13.1. The van der Waals surface area contributed by atoms with Crippen LogP contribution < -0.4 is 0 Å². The molecule has 1 fully saturated rings. The van der Waals surface area contributed by atoms with Crippen LogP contribution in [0.25, 0.3) is 16.7 Å². The smallest absolute Gasteiger partial charge is 0.254 e. The first-order valence-electron chi connectivity index (χ1n) is 8.34. The first-order valence-corrected chi connectivity index (χ1v) is 8.34. The Bertz CT molecular complexity index is 823. The molecular weight excluding hydrogens is 304 g/mol. The summed E-state index contributed by atoms with van der Waals surface area (Å²) in [6.45, 7) is 5.14. The van der Waals surface area contributed by atoms with Crippen molar-refractivity contribution < 1.29 is 14.3 Å². The monoisotopic (exact) mass is 324 g/mol. The standard InChI is InChI=1S/C19H20N2O3/c1-13-4-5-16-14(11-13)15(19(22)21-6-9-23-10-7-21)12-17(20-16)18-3-2-8-24-18/h3-5,11-12H,2,6-10H2,1H3. The average Bonchev–Trinajstić information content (AvgIpc) is 3.16. The molecule has 0 atom stereocenters. The molecule has 0 spiro atoms. The van der Waals surface area contributed by atoms with E-state index >= 15 is 0 Å². The van der Waals surface area contributed by atoms with Crippen LogP contribution in [0.5, 0.6) is 0 Å². The lowest BCUT2D eigenvalue weighted by Gasteiger charge is -2.27. The van der Waals surface area contributed by atoms with Gasteiger partial charge in [-0.15, -0.1) is 0 Å². The SMILES string of the molecule is Cc1ccc2nc(C3=CCCO3)cc(C(=O)N3CCOCC3)c2c1. The Kier molecular flexibility index (Phi) is 3.94. The summed E-state index contributed by atoms with van der Waals surface area (Å²) in [5, 5.41) is 0.897. The number of carbonyl (C=O) groups is 1. The Hall–Kier alpha value is -2.40. The van der Waals surface area contributed by atoms with Gasteiger partial charge in [0.25, 0.3) is 5.91 Å². The van der Waals surface area contributed by atoms with Gasteiger partial charge in [-0.25, -0.2) is 4.98 Å². The fourth-order valence-corrected chi connectivity index (χ4v) is 3.18. The first-order chi connectivity index (χ1) is 11.7. The number of fused-ring (bicyclic) bond motifs is 1. The van der Waals surface area contributed by atoms with E-state index in [1.54, 1.807) is 0 Å². The highest BCUT2D eigenvalue weighted by Gasteiger charge is 2.23. The fourth-order valence-electron chi connectivity index (χ4n) is 3.18. The Labute approximate surface area is 140 Å². The van der Waals surface area contributed by atoms with Crippen LogP contribution in [0.15, 0.2) is 30.3 Å².